The van der Waals surface area contributed by atoms with Crippen molar-refractivity contribution in [2.75, 3.05) is 7.11 Å². The van der Waals surface area contributed by atoms with E-state index in [4.69, 9.17) is 4.74 Å². The Kier molecular flexibility index (Phi) is 3.83. The van der Waals surface area contributed by atoms with Gasteiger partial charge in [-0.1, -0.05) is 0 Å². The Labute approximate surface area is 162 Å². The van der Waals surface area contributed by atoms with E-state index in [1.54, 1.807) is 12.1 Å². The number of aromatic amines is 1. The number of phenolic OH excluding ortho intramolecular Hbond substituents is 1. The van der Waals surface area contributed by atoms with E-state index in [0.29, 0.717) is 0 Å². The molecule has 2 aromatic carbocycles. The molecule has 0 amide bonds. The van der Waals surface area contributed by atoms with Gasteiger partial charge in [0.25, 0.3) is 0 Å². The summed E-state index contributed by atoms with van der Waals surface area (Å²) in [5.74, 6) is -0.617. The fourth-order valence-electron chi connectivity index (χ4n) is 4.39. The minimum atomic E-state index is -0.543. The van der Waals surface area contributed by atoms with Gasteiger partial charge in [0.1, 0.15) is 11.3 Å². The third kappa shape index (κ3) is 2.47. The van der Waals surface area contributed by atoms with Crippen LogP contribution >= 0.6 is 0 Å². The molecule has 28 heavy (non-hydrogen) atoms. The summed E-state index contributed by atoms with van der Waals surface area (Å²) in [5, 5.41) is 12.5. The number of benzene rings is 2. The number of hydrogen-bond donors (Lipinski definition) is 2. The van der Waals surface area contributed by atoms with Gasteiger partial charge in [0, 0.05) is 28.2 Å². The van der Waals surface area contributed by atoms with Crippen molar-refractivity contribution in [1.82, 2.24) is 9.97 Å². The molecule has 0 saturated carbocycles. The fraction of sp³-hybridized carbons (Fsp3) is 0.217. The van der Waals surface area contributed by atoms with Gasteiger partial charge in [-0.3, -0.25) is 4.98 Å². The molecule has 2 heterocycles. The third-order valence-corrected chi connectivity index (χ3v) is 5.70. The SMILES string of the molecule is COC(=O)c1cc(-c2[nH]c3ccc4nccc4c3c3c2CCCC3)ccc1O. The zero-order valence-electron chi connectivity index (χ0n) is 15.6. The number of fused-ring (bicyclic) bond motifs is 5. The number of pyridine rings is 1. The highest BCUT2D eigenvalue weighted by Gasteiger charge is 2.21. The normalized spacial score (nSPS) is 13.6. The quantitative estimate of drug-likeness (QED) is 0.498. The van der Waals surface area contributed by atoms with Gasteiger partial charge in [-0.2, -0.15) is 0 Å². The maximum Gasteiger partial charge on any atom is 0.341 e. The number of ether oxygens (including phenoxy) is 1. The lowest BCUT2D eigenvalue weighted by molar-refractivity contribution is 0.0597. The monoisotopic (exact) mass is 372 g/mol. The molecule has 0 aliphatic heterocycles. The van der Waals surface area contributed by atoms with Crippen LogP contribution in [0.1, 0.15) is 34.3 Å². The van der Waals surface area contributed by atoms with E-state index >= 15 is 0 Å². The summed E-state index contributed by atoms with van der Waals surface area (Å²) in [5.41, 5.74) is 6.78. The number of nitrogens with zero attached hydrogens (tertiary/aromatic N) is 1. The lowest BCUT2D eigenvalue weighted by atomic mass is 9.85. The molecule has 0 atom stereocenters. The molecular formula is C23H20N2O3. The first-order valence-corrected chi connectivity index (χ1v) is 9.50. The zero-order chi connectivity index (χ0) is 19.3. The standard InChI is InChI=1S/C23H20N2O3/c1-28-23(27)17-12-13(6-9-20(17)26)22-15-5-3-2-4-14(15)21-16-10-11-24-18(16)7-8-19(21)25-22/h6-12,25-26H,2-5H2,1H3. The van der Waals surface area contributed by atoms with Gasteiger partial charge < -0.3 is 14.8 Å². The Morgan fingerprint density at radius 2 is 1.93 bits per heavy atom. The second-order valence-corrected chi connectivity index (χ2v) is 7.25. The first-order chi connectivity index (χ1) is 13.7. The molecule has 5 nitrogen and oxygen atoms in total. The van der Waals surface area contributed by atoms with E-state index in [2.05, 4.69) is 22.1 Å². The number of aryl methyl sites for hydroxylation is 1. The molecule has 0 bridgehead atoms. The second-order valence-electron chi connectivity index (χ2n) is 7.25. The summed E-state index contributed by atoms with van der Waals surface area (Å²) >= 11 is 0. The first-order valence-electron chi connectivity index (χ1n) is 9.50. The zero-order valence-corrected chi connectivity index (χ0v) is 15.6. The van der Waals surface area contributed by atoms with Crippen LogP contribution in [0.5, 0.6) is 5.75 Å². The summed E-state index contributed by atoms with van der Waals surface area (Å²) in [6, 6.07) is 11.3. The number of nitrogens with one attached hydrogen (secondary N) is 1. The van der Waals surface area contributed by atoms with Gasteiger partial charge in [-0.05, 0) is 78.8 Å². The summed E-state index contributed by atoms with van der Waals surface area (Å²) in [6.07, 6.45) is 6.17. The molecule has 0 fully saturated rings. The highest BCUT2D eigenvalue weighted by molar-refractivity contribution is 6.08. The highest BCUT2D eigenvalue weighted by atomic mass is 16.5. The number of hydrogen-bond acceptors (Lipinski definition) is 4. The largest absolute Gasteiger partial charge is 0.507 e. The van der Waals surface area contributed by atoms with Crippen LogP contribution < -0.4 is 0 Å². The second kappa shape index (κ2) is 6.37. The van der Waals surface area contributed by atoms with Crippen LogP contribution in [0, 0.1) is 0 Å². The predicted octanol–water partition coefficient (Wildman–Crippen LogP) is 4.75. The molecule has 2 aromatic heterocycles. The molecule has 4 aromatic rings. The van der Waals surface area contributed by atoms with E-state index in [0.717, 1.165) is 41.6 Å². The van der Waals surface area contributed by atoms with Gasteiger partial charge in [0.15, 0.2) is 0 Å². The van der Waals surface area contributed by atoms with Gasteiger partial charge in [0.05, 0.1) is 12.6 Å². The third-order valence-electron chi connectivity index (χ3n) is 5.70. The lowest BCUT2D eigenvalue weighted by Gasteiger charge is -2.23. The van der Waals surface area contributed by atoms with E-state index in [-0.39, 0.29) is 11.3 Å². The van der Waals surface area contributed by atoms with Crippen LogP contribution in [-0.4, -0.2) is 28.2 Å². The lowest BCUT2D eigenvalue weighted by Crippen LogP contribution is -2.08. The maximum atomic E-state index is 12.0. The predicted molar refractivity (Wildman–Crippen MR) is 109 cm³/mol. The molecule has 0 saturated heterocycles. The average molecular weight is 372 g/mol. The molecule has 5 rings (SSSR count). The number of esters is 1. The van der Waals surface area contributed by atoms with Crippen LogP contribution in [-0.2, 0) is 17.6 Å². The van der Waals surface area contributed by atoms with Gasteiger partial charge in [0.2, 0.25) is 0 Å². The molecule has 2 N–H and O–H groups in total. The average Bonchev–Trinajstić information content (AvgIpc) is 3.21. The summed E-state index contributed by atoms with van der Waals surface area (Å²) in [4.78, 5) is 20.1. The minimum absolute atomic E-state index is 0.0742. The Balaban J connectivity index is 1.81. The summed E-state index contributed by atoms with van der Waals surface area (Å²) < 4.78 is 4.81. The summed E-state index contributed by atoms with van der Waals surface area (Å²) in [7, 11) is 1.32. The van der Waals surface area contributed by atoms with Crippen LogP contribution in [0.3, 0.4) is 0 Å². The number of rotatable bonds is 2. The summed E-state index contributed by atoms with van der Waals surface area (Å²) in [6.45, 7) is 0. The molecule has 0 unspecified atom stereocenters. The number of carbonyl (C=O) groups is 1. The van der Waals surface area contributed by atoms with E-state index in [9.17, 15) is 9.90 Å². The topological polar surface area (TPSA) is 75.2 Å². The van der Waals surface area contributed by atoms with Crippen molar-refractivity contribution in [1.29, 1.82) is 0 Å². The molecule has 140 valence electrons. The van der Waals surface area contributed by atoms with Crippen molar-refractivity contribution in [3.8, 4) is 17.0 Å². The van der Waals surface area contributed by atoms with Gasteiger partial charge >= 0.3 is 5.97 Å². The van der Waals surface area contributed by atoms with Crippen molar-refractivity contribution in [2.45, 2.75) is 25.7 Å². The number of H-pyrrole nitrogens is 1. The van der Waals surface area contributed by atoms with Crippen molar-refractivity contribution in [2.24, 2.45) is 0 Å². The molecule has 5 heteroatoms. The Hall–Kier alpha value is -3.34. The maximum absolute atomic E-state index is 12.0. The van der Waals surface area contributed by atoms with Crippen LogP contribution in [0.15, 0.2) is 42.6 Å². The van der Waals surface area contributed by atoms with E-state index in [1.807, 2.05) is 18.3 Å². The van der Waals surface area contributed by atoms with Crippen LogP contribution in [0.4, 0.5) is 0 Å². The van der Waals surface area contributed by atoms with Crippen molar-refractivity contribution in [3.05, 3.63) is 59.3 Å². The molecule has 0 spiro atoms. The Morgan fingerprint density at radius 1 is 1.11 bits per heavy atom. The van der Waals surface area contributed by atoms with Crippen LogP contribution in [0.25, 0.3) is 33.1 Å². The van der Waals surface area contributed by atoms with Crippen molar-refractivity contribution in [3.63, 3.8) is 0 Å². The molecule has 0 radical (unpaired) electrons. The first kappa shape index (κ1) is 16.8. The fourth-order valence-corrected chi connectivity index (χ4v) is 4.39. The van der Waals surface area contributed by atoms with Crippen LogP contribution in [0.2, 0.25) is 0 Å². The molecule has 1 aliphatic carbocycles. The number of aromatic nitrogens is 2. The van der Waals surface area contributed by atoms with Crippen molar-refractivity contribution >= 4 is 27.8 Å². The smallest absolute Gasteiger partial charge is 0.341 e. The van der Waals surface area contributed by atoms with E-state index in [1.165, 1.54) is 35.4 Å². The number of aromatic hydroxyl groups is 1. The Bertz CT molecular complexity index is 1240. The Morgan fingerprint density at radius 3 is 2.75 bits per heavy atom. The van der Waals surface area contributed by atoms with E-state index < -0.39 is 5.97 Å². The van der Waals surface area contributed by atoms with Crippen molar-refractivity contribution < 1.29 is 14.6 Å². The highest BCUT2D eigenvalue weighted by Crippen LogP contribution is 2.38. The number of methoxy groups -OCH3 is 1. The molecular weight excluding hydrogens is 352 g/mol. The van der Waals surface area contributed by atoms with Gasteiger partial charge in [-0.25, -0.2) is 4.79 Å². The minimum Gasteiger partial charge on any atom is -0.507 e. The number of phenols is 1. The number of carbonyl (C=O) groups excluding carboxylic acids is 1. The van der Waals surface area contributed by atoms with Gasteiger partial charge in [-0.15, -0.1) is 0 Å². The molecule has 1 aliphatic rings.